The lowest BCUT2D eigenvalue weighted by atomic mass is 10.0. The van der Waals surface area contributed by atoms with Crippen LogP contribution in [0.5, 0.6) is 0 Å². The predicted octanol–water partition coefficient (Wildman–Crippen LogP) is 2.29. The third-order valence-corrected chi connectivity index (χ3v) is 8.72. The predicted molar refractivity (Wildman–Crippen MR) is 154 cm³/mol. The highest BCUT2D eigenvalue weighted by Crippen LogP contribution is 2.31. The monoisotopic (exact) mass is 569 g/mol. The molecule has 3 aliphatic rings. The summed E-state index contributed by atoms with van der Waals surface area (Å²) in [4.78, 5) is 50.6. The zero-order valence-electron chi connectivity index (χ0n) is 23.7. The minimum atomic E-state index is -0.758. The fraction of sp³-hybridized carbons (Fsp3) is 0.586. The number of rotatable bonds is 9. The number of benzene rings is 1. The fourth-order valence-electron chi connectivity index (χ4n) is 5.67. The number of anilines is 1. The molecule has 1 N–H and O–H groups in total. The molecule has 1 aromatic heterocycles. The lowest BCUT2D eigenvalue weighted by Crippen LogP contribution is -2.52. The van der Waals surface area contributed by atoms with Gasteiger partial charge in [-0.05, 0) is 38.4 Å². The molecule has 0 aliphatic carbocycles. The van der Waals surface area contributed by atoms with Crippen molar-refractivity contribution in [2.24, 2.45) is 5.92 Å². The number of carbonyl (C=O) groups excluding carboxylic acids is 3. The molecule has 1 aromatic carbocycles. The molecule has 0 unspecified atom stereocenters. The first-order valence-electron chi connectivity index (χ1n) is 14.1. The number of nitrogens with zero attached hydrogens (tertiary/aromatic N) is 4. The van der Waals surface area contributed by atoms with Crippen LogP contribution in [0.4, 0.5) is 5.13 Å². The van der Waals surface area contributed by atoms with E-state index in [0.717, 1.165) is 42.6 Å². The number of hydrogen-bond donors (Lipinski definition) is 1. The Labute approximate surface area is 239 Å². The maximum Gasteiger partial charge on any atom is 0.251 e. The number of nitrogens with one attached hydrogen (secondary N) is 1. The number of carbonyl (C=O) groups is 3. The molecule has 2 aromatic rings. The van der Waals surface area contributed by atoms with E-state index in [1.165, 1.54) is 0 Å². The Hall–Kier alpha value is -2.86. The van der Waals surface area contributed by atoms with Crippen LogP contribution in [-0.2, 0) is 19.1 Å². The molecule has 2 amide bonds. The summed E-state index contributed by atoms with van der Waals surface area (Å²) in [6.45, 7) is 10.6. The molecule has 11 heteroatoms. The lowest BCUT2D eigenvalue weighted by molar-refractivity contribution is -0.138. The Morgan fingerprint density at radius 3 is 2.58 bits per heavy atom. The molecule has 4 heterocycles. The molecule has 40 heavy (non-hydrogen) atoms. The van der Waals surface area contributed by atoms with Gasteiger partial charge < -0.3 is 29.5 Å². The van der Waals surface area contributed by atoms with Gasteiger partial charge in [0.25, 0.3) is 5.91 Å². The van der Waals surface area contributed by atoms with Crippen molar-refractivity contribution in [3.63, 3.8) is 0 Å². The van der Waals surface area contributed by atoms with Crippen molar-refractivity contribution in [3.8, 4) is 11.3 Å². The summed E-state index contributed by atoms with van der Waals surface area (Å²) in [6.07, 6.45) is -0.351. The van der Waals surface area contributed by atoms with Gasteiger partial charge in [-0.15, -0.1) is 11.3 Å². The van der Waals surface area contributed by atoms with Gasteiger partial charge in [-0.25, -0.2) is 4.98 Å². The fourth-order valence-corrected chi connectivity index (χ4v) is 6.56. The van der Waals surface area contributed by atoms with Crippen LogP contribution >= 0.6 is 11.3 Å². The molecule has 3 saturated heterocycles. The van der Waals surface area contributed by atoms with Gasteiger partial charge in [0, 0.05) is 49.3 Å². The lowest BCUT2D eigenvalue weighted by Gasteiger charge is -2.32. The average Bonchev–Trinajstić information content (AvgIpc) is 3.66. The third kappa shape index (κ3) is 6.07. The minimum Gasteiger partial charge on any atom is -0.374 e. The number of aromatic nitrogens is 1. The summed E-state index contributed by atoms with van der Waals surface area (Å²) in [6, 6.07) is 5.89. The van der Waals surface area contributed by atoms with E-state index in [4.69, 9.17) is 14.5 Å². The van der Waals surface area contributed by atoms with Gasteiger partial charge in [0.2, 0.25) is 5.91 Å². The number of ketones is 1. The van der Waals surface area contributed by atoms with E-state index in [0.29, 0.717) is 18.6 Å². The summed E-state index contributed by atoms with van der Waals surface area (Å²) in [5.41, 5.74) is 2.29. The second-order valence-corrected chi connectivity index (χ2v) is 12.0. The molecule has 5 rings (SSSR count). The van der Waals surface area contributed by atoms with Crippen LogP contribution in [-0.4, -0.2) is 110 Å². The number of likely N-dealkylation sites (N-methyl/N-ethyl adjacent to an activating group) is 1. The Balaban J connectivity index is 1.26. The highest BCUT2D eigenvalue weighted by Gasteiger charge is 2.53. The smallest absolute Gasteiger partial charge is 0.251 e. The van der Waals surface area contributed by atoms with E-state index in [1.54, 1.807) is 28.4 Å². The molecule has 10 nitrogen and oxygen atoms in total. The van der Waals surface area contributed by atoms with Gasteiger partial charge >= 0.3 is 0 Å². The van der Waals surface area contributed by atoms with Crippen LogP contribution in [0.1, 0.15) is 37.6 Å². The van der Waals surface area contributed by atoms with Crippen molar-refractivity contribution in [3.05, 3.63) is 35.2 Å². The SMILES string of the molecule is CCO[C@H]1CN(C(=O)[C@H](CC(C)C)NC(=O)c2ccc(-c3csc(N4CCN(C)CC4)n3)cc2)[C@@H]2C(=O)CO[C@H]12. The molecule has 0 saturated carbocycles. The first-order valence-corrected chi connectivity index (χ1v) is 15.0. The van der Waals surface area contributed by atoms with Crippen LogP contribution in [0.2, 0.25) is 0 Å². The molecular weight excluding hydrogens is 530 g/mol. The minimum absolute atomic E-state index is 0.0217. The largest absolute Gasteiger partial charge is 0.374 e. The maximum atomic E-state index is 13.7. The Morgan fingerprint density at radius 1 is 1.18 bits per heavy atom. The van der Waals surface area contributed by atoms with E-state index >= 15 is 0 Å². The molecule has 216 valence electrons. The zero-order valence-corrected chi connectivity index (χ0v) is 24.5. The van der Waals surface area contributed by atoms with Gasteiger partial charge in [0.05, 0.1) is 12.2 Å². The van der Waals surface area contributed by atoms with Crippen LogP contribution in [0.3, 0.4) is 0 Å². The molecule has 0 bridgehead atoms. The Bertz CT molecular complexity index is 1210. The number of amides is 2. The maximum absolute atomic E-state index is 13.7. The van der Waals surface area contributed by atoms with Gasteiger partial charge in [0.15, 0.2) is 10.9 Å². The number of thiazole rings is 1. The van der Waals surface area contributed by atoms with Gasteiger partial charge in [-0.1, -0.05) is 26.0 Å². The first kappa shape index (κ1) is 28.7. The number of Topliss-reactive ketones (excluding diaryl/α,β-unsaturated/α-hetero) is 1. The third-order valence-electron chi connectivity index (χ3n) is 7.82. The van der Waals surface area contributed by atoms with Crippen LogP contribution in [0.15, 0.2) is 29.6 Å². The van der Waals surface area contributed by atoms with Crippen molar-refractivity contribution in [1.29, 1.82) is 0 Å². The molecule has 0 spiro atoms. The number of likely N-dealkylation sites (tertiary alicyclic amines) is 1. The molecule has 3 fully saturated rings. The Morgan fingerprint density at radius 2 is 1.90 bits per heavy atom. The van der Waals surface area contributed by atoms with Crippen molar-refractivity contribution in [1.82, 2.24) is 20.1 Å². The normalized spacial score (nSPS) is 24.0. The summed E-state index contributed by atoms with van der Waals surface area (Å²) >= 11 is 1.63. The second kappa shape index (κ2) is 12.3. The number of fused-ring (bicyclic) bond motifs is 1. The number of piperazine rings is 1. The van der Waals surface area contributed by atoms with Crippen molar-refractivity contribution in [2.45, 2.75) is 51.5 Å². The highest BCUT2D eigenvalue weighted by atomic mass is 32.1. The topological polar surface area (TPSA) is 104 Å². The summed E-state index contributed by atoms with van der Waals surface area (Å²) in [5, 5.41) is 6.01. The zero-order chi connectivity index (χ0) is 28.4. The van der Waals surface area contributed by atoms with Crippen LogP contribution in [0, 0.1) is 5.92 Å². The second-order valence-electron chi connectivity index (χ2n) is 11.2. The summed E-state index contributed by atoms with van der Waals surface area (Å²) in [5.74, 6) is -0.558. The quantitative estimate of drug-likeness (QED) is 0.491. The van der Waals surface area contributed by atoms with Gasteiger partial charge in [0.1, 0.15) is 30.9 Å². The van der Waals surface area contributed by atoms with Crippen molar-refractivity contribution < 1.29 is 23.9 Å². The van der Waals surface area contributed by atoms with E-state index < -0.39 is 18.2 Å². The molecular formula is C29H39N5O5S. The summed E-state index contributed by atoms with van der Waals surface area (Å²) in [7, 11) is 2.13. The van der Waals surface area contributed by atoms with Crippen LogP contribution < -0.4 is 10.2 Å². The molecule has 4 atom stereocenters. The van der Waals surface area contributed by atoms with Crippen molar-refractivity contribution in [2.75, 3.05) is 57.9 Å². The van der Waals surface area contributed by atoms with E-state index in [1.807, 2.05) is 38.3 Å². The van der Waals surface area contributed by atoms with Crippen LogP contribution in [0.25, 0.3) is 11.3 Å². The molecule has 3 aliphatic heterocycles. The standard InChI is InChI=1S/C29H39N5O5S/c1-5-38-24-15-34(25-23(35)16-39-26(24)25)28(37)21(14-18(2)3)30-27(36)20-8-6-19(7-9-20)22-17-40-29(31-22)33-12-10-32(4)11-13-33/h6-9,17-18,21,24-26H,5,10-16H2,1-4H3,(H,30,36)/t21-,24-,25+,26+/m0/s1. The van der Waals surface area contributed by atoms with Crippen molar-refractivity contribution >= 4 is 34.1 Å². The van der Waals surface area contributed by atoms with E-state index in [2.05, 4.69) is 22.2 Å². The first-order chi connectivity index (χ1) is 19.2. The molecule has 0 radical (unpaired) electrons. The highest BCUT2D eigenvalue weighted by molar-refractivity contribution is 7.14. The summed E-state index contributed by atoms with van der Waals surface area (Å²) < 4.78 is 11.4. The number of hydrogen-bond acceptors (Lipinski definition) is 9. The van der Waals surface area contributed by atoms with E-state index in [9.17, 15) is 14.4 Å². The van der Waals surface area contributed by atoms with Gasteiger partial charge in [-0.3, -0.25) is 14.4 Å². The number of ether oxygens (including phenoxy) is 2. The van der Waals surface area contributed by atoms with E-state index in [-0.39, 0.29) is 42.8 Å². The van der Waals surface area contributed by atoms with Gasteiger partial charge in [-0.2, -0.15) is 0 Å². The Kier molecular flexibility index (Phi) is 8.84. The average molecular weight is 570 g/mol.